The van der Waals surface area contributed by atoms with Crippen molar-refractivity contribution in [2.45, 2.75) is 31.7 Å². The normalized spacial score (nSPS) is 18.9. The number of anilines is 2. The van der Waals surface area contributed by atoms with Gasteiger partial charge in [-0.2, -0.15) is 10.4 Å². The Hall–Kier alpha value is -3.86. The number of aromatic nitrogens is 4. The molecule has 0 bridgehead atoms. The van der Waals surface area contributed by atoms with Crippen molar-refractivity contribution in [2.75, 3.05) is 5.32 Å². The molecular formula is C22H20N6O2. The van der Waals surface area contributed by atoms with Gasteiger partial charge in [-0.15, -0.1) is 0 Å². The summed E-state index contributed by atoms with van der Waals surface area (Å²) in [6.07, 6.45) is 8.61. The van der Waals surface area contributed by atoms with Crippen LogP contribution in [0.3, 0.4) is 0 Å². The van der Waals surface area contributed by atoms with Crippen LogP contribution in [-0.4, -0.2) is 19.7 Å². The topological polar surface area (TPSA) is 113 Å². The van der Waals surface area contributed by atoms with Gasteiger partial charge in [0.15, 0.2) is 5.82 Å². The van der Waals surface area contributed by atoms with Gasteiger partial charge in [0, 0.05) is 17.4 Å². The van der Waals surface area contributed by atoms with E-state index in [0.29, 0.717) is 17.1 Å². The number of H-pyrrole nitrogens is 1. The lowest BCUT2D eigenvalue weighted by Crippen LogP contribution is -2.23. The van der Waals surface area contributed by atoms with Crippen LogP contribution in [0, 0.1) is 17.2 Å². The maximum Gasteiger partial charge on any atom is 0.261 e. The Bertz CT molecular complexity index is 1260. The van der Waals surface area contributed by atoms with Crippen LogP contribution in [0.2, 0.25) is 0 Å². The third-order valence-electron chi connectivity index (χ3n) is 5.67. The highest BCUT2D eigenvalue weighted by Crippen LogP contribution is 2.36. The van der Waals surface area contributed by atoms with E-state index in [-0.39, 0.29) is 17.5 Å². The number of benzene rings is 1. The minimum atomic E-state index is -0.207. The fourth-order valence-electron chi connectivity index (χ4n) is 4.19. The quantitative estimate of drug-likeness (QED) is 0.526. The molecule has 8 nitrogen and oxygen atoms in total. The van der Waals surface area contributed by atoms with Crippen LogP contribution in [0.1, 0.15) is 31.7 Å². The Kier molecular flexibility index (Phi) is 4.56. The van der Waals surface area contributed by atoms with Crippen LogP contribution < -0.4 is 10.9 Å². The summed E-state index contributed by atoms with van der Waals surface area (Å²) in [5.74, 6) is 0.930. The molecule has 4 aromatic rings. The van der Waals surface area contributed by atoms with Crippen molar-refractivity contribution in [1.29, 1.82) is 5.26 Å². The highest BCUT2D eigenvalue weighted by Gasteiger charge is 2.29. The Balaban J connectivity index is 1.53. The van der Waals surface area contributed by atoms with Gasteiger partial charge < -0.3 is 14.7 Å². The number of nitrogens with zero attached hydrogens (tertiary/aromatic N) is 4. The van der Waals surface area contributed by atoms with Gasteiger partial charge >= 0.3 is 0 Å². The molecule has 0 saturated heterocycles. The lowest BCUT2D eigenvalue weighted by atomic mass is 9.85. The number of rotatable bonds is 4. The van der Waals surface area contributed by atoms with Crippen LogP contribution >= 0.6 is 0 Å². The van der Waals surface area contributed by atoms with E-state index in [2.05, 4.69) is 21.4 Å². The van der Waals surface area contributed by atoms with Gasteiger partial charge in [-0.3, -0.25) is 9.48 Å². The molecular weight excluding hydrogens is 380 g/mol. The maximum absolute atomic E-state index is 12.6. The standard InChI is InChI=1S/C22H20N6O2/c23-13-15-3-1-2-4-17(15)28-18-9-10-24-21(29)19(18)20(27-28)26-16-7-5-14(6-8-16)22-25-11-12-30-22/h5-12,15,17H,1-4H2,(H,24,29)(H,26,27)/t15-,17?/m1/s1. The molecule has 1 saturated carbocycles. The Morgan fingerprint density at radius 1 is 1.20 bits per heavy atom. The van der Waals surface area contributed by atoms with Gasteiger partial charge in [0.2, 0.25) is 5.89 Å². The summed E-state index contributed by atoms with van der Waals surface area (Å²) < 4.78 is 7.19. The number of fused-ring (bicyclic) bond motifs is 1. The second-order valence-corrected chi connectivity index (χ2v) is 7.49. The van der Waals surface area contributed by atoms with E-state index in [1.165, 1.54) is 6.26 Å². The SMILES string of the molecule is N#C[C@H]1CCCCC1n1nc(Nc2ccc(-c3ncco3)cc2)c2c(=O)[nH]ccc21. The number of hydrogen-bond donors (Lipinski definition) is 2. The monoisotopic (exact) mass is 400 g/mol. The number of nitrogens with one attached hydrogen (secondary N) is 2. The van der Waals surface area contributed by atoms with E-state index >= 15 is 0 Å². The molecule has 1 aromatic carbocycles. The second kappa shape index (κ2) is 7.52. The maximum atomic E-state index is 12.6. The highest BCUT2D eigenvalue weighted by molar-refractivity contribution is 5.91. The Morgan fingerprint density at radius 2 is 2.03 bits per heavy atom. The molecule has 150 valence electrons. The van der Waals surface area contributed by atoms with Gasteiger partial charge in [0.05, 0.1) is 29.7 Å². The molecule has 0 radical (unpaired) electrons. The highest BCUT2D eigenvalue weighted by atomic mass is 16.3. The fourth-order valence-corrected chi connectivity index (χ4v) is 4.19. The molecule has 8 heteroatoms. The van der Waals surface area contributed by atoms with E-state index in [1.807, 2.05) is 35.0 Å². The number of hydrogen-bond acceptors (Lipinski definition) is 6. The predicted molar refractivity (Wildman–Crippen MR) is 112 cm³/mol. The first kappa shape index (κ1) is 18.2. The molecule has 1 aliphatic rings. The molecule has 2 atom stereocenters. The van der Waals surface area contributed by atoms with Crippen molar-refractivity contribution in [3.63, 3.8) is 0 Å². The first-order valence-electron chi connectivity index (χ1n) is 10.0. The summed E-state index contributed by atoms with van der Waals surface area (Å²) in [7, 11) is 0. The lowest BCUT2D eigenvalue weighted by molar-refractivity contribution is 0.277. The number of oxazole rings is 1. The second-order valence-electron chi connectivity index (χ2n) is 7.49. The third-order valence-corrected chi connectivity index (χ3v) is 5.67. The molecule has 0 aliphatic heterocycles. The van der Waals surface area contributed by atoms with E-state index in [0.717, 1.165) is 42.5 Å². The average Bonchev–Trinajstić information content (AvgIpc) is 3.44. The van der Waals surface area contributed by atoms with Gasteiger partial charge in [-0.25, -0.2) is 4.98 Å². The van der Waals surface area contributed by atoms with Crippen molar-refractivity contribution >= 4 is 22.4 Å². The molecule has 3 aromatic heterocycles. The van der Waals surface area contributed by atoms with Gasteiger partial charge in [0.1, 0.15) is 11.6 Å². The minimum absolute atomic E-state index is 0.0315. The van der Waals surface area contributed by atoms with Gasteiger partial charge in [0.25, 0.3) is 5.56 Å². The summed E-state index contributed by atoms with van der Waals surface area (Å²) in [6, 6.07) is 11.8. The van der Waals surface area contributed by atoms with Gasteiger partial charge in [-0.1, -0.05) is 12.8 Å². The zero-order chi connectivity index (χ0) is 20.5. The van der Waals surface area contributed by atoms with Gasteiger partial charge in [-0.05, 0) is 43.2 Å². The Morgan fingerprint density at radius 3 is 2.80 bits per heavy atom. The molecule has 0 spiro atoms. The predicted octanol–water partition coefficient (Wildman–Crippen LogP) is 4.38. The van der Waals surface area contributed by atoms with E-state index in [9.17, 15) is 10.1 Å². The Labute approximate surface area is 172 Å². The van der Waals surface area contributed by atoms with Crippen molar-refractivity contribution in [3.8, 4) is 17.5 Å². The smallest absolute Gasteiger partial charge is 0.261 e. The summed E-state index contributed by atoms with van der Waals surface area (Å²) >= 11 is 0. The molecule has 0 amide bonds. The van der Waals surface area contributed by atoms with Crippen molar-refractivity contribution < 1.29 is 4.42 Å². The van der Waals surface area contributed by atoms with Crippen molar-refractivity contribution in [2.24, 2.45) is 5.92 Å². The average molecular weight is 400 g/mol. The van der Waals surface area contributed by atoms with Crippen LogP contribution in [0.4, 0.5) is 11.5 Å². The molecule has 1 unspecified atom stereocenters. The third kappa shape index (κ3) is 3.14. The zero-order valence-corrected chi connectivity index (χ0v) is 16.2. The summed E-state index contributed by atoms with van der Waals surface area (Å²) in [6.45, 7) is 0. The van der Waals surface area contributed by atoms with Crippen LogP contribution in [0.15, 0.2) is 58.2 Å². The van der Waals surface area contributed by atoms with Crippen LogP contribution in [-0.2, 0) is 0 Å². The van der Waals surface area contributed by atoms with E-state index in [4.69, 9.17) is 9.52 Å². The first-order valence-corrected chi connectivity index (χ1v) is 10.0. The first-order chi connectivity index (χ1) is 14.7. The van der Waals surface area contributed by atoms with E-state index < -0.39 is 0 Å². The van der Waals surface area contributed by atoms with E-state index in [1.54, 1.807) is 12.4 Å². The minimum Gasteiger partial charge on any atom is -0.445 e. The van der Waals surface area contributed by atoms with Crippen molar-refractivity contribution in [1.82, 2.24) is 19.7 Å². The lowest BCUT2D eigenvalue weighted by Gasteiger charge is -2.27. The molecule has 1 fully saturated rings. The van der Waals surface area contributed by atoms with Crippen molar-refractivity contribution in [3.05, 3.63) is 59.3 Å². The molecule has 5 rings (SSSR count). The zero-order valence-electron chi connectivity index (χ0n) is 16.2. The molecule has 3 heterocycles. The number of nitriles is 1. The fraction of sp³-hybridized carbons (Fsp3) is 0.273. The largest absolute Gasteiger partial charge is 0.445 e. The molecule has 1 aliphatic carbocycles. The molecule has 2 N–H and O–H groups in total. The summed E-state index contributed by atoms with van der Waals surface area (Å²) in [4.78, 5) is 19.5. The van der Waals surface area contributed by atoms with Crippen LogP contribution in [0.25, 0.3) is 22.4 Å². The van der Waals surface area contributed by atoms with Crippen LogP contribution in [0.5, 0.6) is 0 Å². The summed E-state index contributed by atoms with van der Waals surface area (Å²) in [5, 5.41) is 18.1. The molecule has 30 heavy (non-hydrogen) atoms. The summed E-state index contributed by atoms with van der Waals surface area (Å²) in [5.41, 5.74) is 2.19. The number of pyridine rings is 1. The number of aromatic amines is 1.